The standard InChI is InChI=1S/C23H25ClN4O3/c1-15-5-7-16(8-6-15)23-26-21(27-31-23)14-28-11-3-4-17(13-28)22(29)25-18-9-10-20(30-2)19(24)12-18/h5-10,12,17H,3-4,11,13-14H2,1-2H3,(H,25,29)/t17-/m0/s1. The zero-order chi connectivity index (χ0) is 21.8. The van der Waals surface area contributed by atoms with Crippen molar-refractivity contribution in [2.45, 2.75) is 26.3 Å². The fourth-order valence-electron chi connectivity index (χ4n) is 3.73. The van der Waals surface area contributed by atoms with Crippen molar-refractivity contribution in [1.29, 1.82) is 0 Å². The third-order valence-electron chi connectivity index (χ3n) is 5.43. The van der Waals surface area contributed by atoms with Crippen LogP contribution in [-0.2, 0) is 11.3 Å². The number of carbonyl (C=O) groups is 1. The van der Waals surface area contributed by atoms with Crippen LogP contribution in [0.4, 0.5) is 5.69 Å². The number of likely N-dealkylation sites (tertiary alicyclic amines) is 1. The van der Waals surface area contributed by atoms with E-state index < -0.39 is 0 Å². The molecule has 1 fully saturated rings. The van der Waals surface area contributed by atoms with E-state index >= 15 is 0 Å². The van der Waals surface area contributed by atoms with Crippen LogP contribution in [0, 0.1) is 12.8 Å². The Labute approximate surface area is 186 Å². The molecule has 0 bridgehead atoms. The summed E-state index contributed by atoms with van der Waals surface area (Å²) in [4.78, 5) is 19.5. The highest BCUT2D eigenvalue weighted by Crippen LogP contribution is 2.28. The molecule has 1 aromatic heterocycles. The molecule has 0 aliphatic carbocycles. The molecule has 7 nitrogen and oxygen atoms in total. The van der Waals surface area contributed by atoms with Crippen molar-refractivity contribution in [2.24, 2.45) is 5.92 Å². The molecule has 1 saturated heterocycles. The maximum atomic E-state index is 12.8. The Morgan fingerprint density at radius 3 is 2.84 bits per heavy atom. The van der Waals surface area contributed by atoms with E-state index in [4.69, 9.17) is 20.9 Å². The van der Waals surface area contributed by atoms with E-state index in [-0.39, 0.29) is 11.8 Å². The molecule has 1 N–H and O–H groups in total. The summed E-state index contributed by atoms with van der Waals surface area (Å²) >= 11 is 6.16. The van der Waals surface area contributed by atoms with Gasteiger partial charge in [0.2, 0.25) is 5.91 Å². The first-order valence-electron chi connectivity index (χ1n) is 10.3. The van der Waals surface area contributed by atoms with Gasteiger partial charge in [-0.05, 0) is 56.6 Å². The average molecular weight is 441 g/mol. The number of hydrogen-bond donors (Lipinski definition) is 1. The molecule has 1 atom stereocenters. The van der Waals surface area contributed by atoms with Crippen molar-refractivity contribution in [2.75, 3.05) is 25.5 Å². The highest BCUT2D eigenvalue weighted by Gasteiger charge is 2.27. The monoisotopic (exact) mass is 440 g/mol. The molecular weight excluding hydrogens is 416 g/mol. The lowest BCUT2D eigenvalue weighted by molar-refractivity contribution is -0.121. The van der Waals surface area contributed by atoms with Gasteiger partial charge in [0.1, 0.15) is 5.75 Å². The Balaban J connectivity index is 1.36. The summed E-state index contributed by atoms with van der Waals surface area (Å²) in [5, 5.41) is 7.55. The van der Waals surface area contributed by atoms with E-state index in [1.54, 1.807) is 25.3 Å². The highest BCUT2D eigenvalue weighted by atomic mass is 35.5. The van der Waals surface area contributed by atoms with Crippen molar-refractivity contribution < 1.29 is 14.1 Å². The van der Waals surface area contributed by atoms with Crippen molar-refractivity contribution >= 4 is 23.2 Å². The molecule has 0 radical (unpaired) electrons. The number of hydrogen-bond acceptors (Lipinski definition) is 6. The zero-order valence-corrected chi connectivity index (χ0v) is 18.4. The number of ether oxygens (including phenoxy) is 1. The summed E-state index contributed by atoms with van der Waals surface area (Å²) in [5.74, 6) is 1.59. The van der Waals surface area contributed by atoms with Gasteiger partial charge in [0, 0.05) is 17.8 Å². The Morgan fingerprint density at radius 1 is 1.29 bits per heavy atom. The van der Waals surface area contributed by atoms with Crippen LogP contribution in [0.25, 0.3) is 11.5 Å². The normalized spacial score (nSPS) is 16.8. The molecule has 8 heteroatoms. The molecule has 0 saturated carbocycles. The van der Waals surface area contributed by atoms with Gasteiger partial charge < -0.3 is 14.6 Å². The second-order valence-corrected chi connectivity index (χ2v) is 8.20. The third kappa shape index (κ3) is 5.24. The third-order valence-corrected chi connectivity index (χ3v) is 5.72. The molecule has 4 rings (SSSR count). The van der Waals surface area contributed by atoms with Crippen LogP contribution in [0.3, 0.4) is 0 Å². The summed E-state index contributed by atoms with van der Waals surface area (Å²) in [5.41, 5.74) is 2.74. The molecule has 0 spiro atoms. The number of nitrogens with zero attached hydrogens (tertiary/aromatic N) is 3. The largest absolute Gasteiger partial charge is 0.495 e. The van der Waals surface area contributed by atoms with Crippen LogP contribution in [0.5, 0.6) is 5.75 Å². The summed E-state index contributed by atoms with van der Waals surface area (Å²) in [6.45, 7) is 4.12. The number of carbonyl (C=O) groups excluding carboxylic acids is 1. The first-order valence-corrected chi connectivity index (χ1v) is 10.7. The van der Waals surface area contributed by atoms with Crippen molar-refractivity contribution in [1.82, 2.24) is 15.0 Å². The first kappa shape index (κ1) is 21.3. The van der Waals surface area contributed by atoms with Crippen molar-refractivity contribution in [3.63, 3.8) is 0 Å². The van der Waals surface area contributed by atoms with Crippen LogP contribution in [0.1, 0.15) is 24.2 Å². The molecule has 162 valence electrons. The highest BCUT2D eigenvalue weighted by molar-refractivity contribution is 6.32. The minimum absolute atomic E-state index is 0.0145. The second-order valence-electron chi connectivity index (χ2n) is 7.79. The van der Waals surface area contributed by atoms with Gasteiger partial charge in [0.05, 0.1) is 24.6 Å². The number of rotatable bonds is 6. The number of amides is 1. The predicted molar refractivity (Wildman–Crippen MR) is 119 cm³/mol. The molecule has 3 aromatic rings. The smallest absolute Gasteiger partial charge is 0.257 e. The lowest BCUT2D eigenvalue weighted by atomic mass is 9.97. The number of aromatic nitrogens is 2. The lowest BCUT2D eigenvalue weighted by Crippen LogP contribution is -2.40. The molecule has 31 heavy (non-hydrogen) atoms. The molecule has 1 aliphatic rings. The lowest BCUT2D eigenvalue weighted by Gasteiger charge is -2.31. The van der Waals surface area contributed by atoms with Crippen LogP contribution in [0.15, 0.2) is 47.0 Å². The van der Waals surface area contributed by atoms with E-state index in [1.807, 2.05) is 31.2 Å². The number of benzene rings is 2. The van der Waals surface area contributed by atoms with E-state index in [0.29, 0.717) is 41.3 Å². The molecule has 2 heterocycles. The van der Waals surface area contributed by atoms with Gasteiger partial charge in [-0.2, -0.15) is 4.98 Å². The van der Waals surface area contributed by atoms with Gasteiger partial charge in [-0.1, -0.05) is 34.5 Å². The van der Waals surface area contributed by atoms with Crippen molar-refractivity contribution in [3.05, 3.63) is 58.9 Å². The molecule has 0 unspecified atom stereocenters. The number of aryl methyl sites for hydroxylation is 1. The minimum atomic E-state index is -0.113. The summed E-state index contributed by atoms with van der Waals surface area (Å²) in [7, 11) is 1.56. The second kappa shape index (κ2) is 9.49. The molecule has 1 amide bonds. The quantitative estimate of drug-likeness (QED) is 0.605. The van der Waals surface area contributed by atoms with Gasteiger partial charge in [-0.3, -0.25) is 9.69 Å². The predicted octanol–water partition coefficient (Wildman–Crippen LogP) is 4.56. The summed E-state index contributed by atoms with van der Waals surface area (Å²) in [6.07, 6.45) is 1.78. The molecule has 2 aromatic carbocycles. The number of anilines is 1. The number of piperidine rings is 1. The van der Waals surface area contributed by atoms with Gasteiger partial charge in [0.25, 0.3) is 5.89 Å². The van der Waals surface area contributed by atoms with Crippen LogP contribution >= 0.6 is 11.6 Å². The summed E-state index contributed by atoms with van der Waals surface area (Å²) in [6, 6.07) is 13.2. The van der Waals surface area contributed by atoms with E-state index in [9.17, 15) is 4.79 Å². The van der Waals surface area contributed by atoms with Crippen molar-refractivity contribution in [3.8, 4) is 17.2 Å². The Morgan fingerprint density at radius 2 is 2.10 bits per heavy atom. The molecular formula is C23H25ClN4O3. The van der Waals surface area contributed by atoms with E-state index in [0.717, 1.165) is 24.9 Å². The average Bonchev–Trinajstić information content (AvgIpc) is 3.23. The Kier molecular flexibility index (Phi) is 6.53. The maximum Gasteiger partial charge on any atom is 0.257 e. The van der Waals surface area contributed by atoms with E-state index in [2.05, 4.69) is 20.4 Å². The molecule has 1 aliphatic heterocycles. The Hall–Kier alpha value is -2.90. The number of nitrogens with one attached hydrogen (secondary N) is 1. The summed E-state index contributed by atoms with van der Waals surface area (Å²) < 4.78 is 10.6. The van der Waals surface area contributed by atoms with Crippen LogP contribution < -0.4 is 10.1 Å². The minimum Gasteiger partial charge on any atom is -0.495 e. The maximum absolute atomic E-state index is 12.8. The zero-order valence-electron chi connectivity index (χ0n) is 17.6. The van der Waals surface area contributed by atoms with Gasteiger partial charge in [-0.15, -0.1) is 0 Å². The fraction of sp³-hybridized carbons (Fsp3) is 0.348. The number of halogens is 1. The van der Waals surface area contributed by atoms with Gasteiger partial charge in [0.15, 0.2) is 5.82 Å². The van der Waals surface area contributed by atoms with Crippen LogP contribution in [-0.4, -0.2) is 41.1 Å². The van der Waals surface area contributed by atoms with Crippen LogP contribution in [0.2, 0.25) is 5.02 Å². The topological polar surface area (TPSA) is 80.5 Å². The fourth-order valence-corrected chi connectivity index (χ4v) is 3.99. The van der Waals surface area contributed by atoms with Gasteiger partial charge in [-0.25, -0.2) is 0 Å². The first-order chi connectivity index (χ1) is 15.0. The Bertz CT molecular complexity index is 1050. The SMILES string of the molecule is COc1ccc(NC(=O)[C@H]2CCCN(Cc3noc(-c4ccc(C)cc4)n3)C2)cc1Cl. The number of methoxy groups -OCH3 is 1. The van der Waals surface area contributed by atoms with E-state index in [1.165, 1.54) is 5.56 Å². The van der Waals surface area contributed by atoms with Gasteiger partial charge >= 0.3 is 0 Å².